The second kappa shape index (κ2) is 15.9. The Bertz CT molecular complexity index is 200. The molecular formula is C17H38O4Si. The summed E-state index contributed by atoms with van der Waals surface area (Å²) in [5.41, 5.74) is 0. The maximum absolute atomic E-state index is 6.11. The molecule has 0 amide bonds. The third kappa shape index (κ3) is 11.6. The Kier molecular flexibility index (Phi) is 16.0. The molecule has 0 unspecified atom stereocenters. The third-order valence-corrected chi connectivity index (χ3v) is 5.87. The summed E-state index contributed by atoms with van der Waals surface area (Å²) >= 11 is 0. The average Bonchev–Trinajstić information content (AvgIpc) is 2.52. The molecular weight excluding hydrogens is 296 g/mol. The van der Waals surface area contributed by atoms with Gasteiger partial charge in [0.1, 0.15) is 6.23 Å². The van der Waals surface area contributed by atoms with Gasteiger partial charge in [-0.2, -0.15) is 0 Å². The SMILES string of the molecule is CCCCOC[Si](OCCCC)(OCCCC)OCCCC. The van der Waals surface area contributed by atoms with Gasteiger partial charge in [0.25, 0.3) is 0 Å². The summed E-state index contributed by atoms with van der Waals surface area (Å²) in [4.78, 5) is 0. The fourth-order valence-electron chi connectivity index (χ4n) is 1.81. The molecule has 0 saturated heterocycles. The van der Waals surface area contributed by atoms with Crippen LogP contribution in [-0.4, -0.2) is 41.5 Å². The Morgan fingerprint density at radius 1 is 0.545 bits per heavy atom. The zero-order valence-corrected chi connectivity index (χ0v) is 16.3. The van der Waals surface area contributed by atoms with Crippen LogP contribution in [0.15, 0.2) is 0 Å². The minimum absolute atomic E-state index is 0.490. The number of unbranched alkanes of at least 4 members (excludes halogenated alkanes) is 4. The van der Waals surface area contributed by atoms with Crippen molar-refractivity contribution in [3.63, 3.8) is 0 Å². The molecule has 0 radical (unpaired) electrons. The van der Waals surface area contributed by atoms with Gasteiger partial charge in [0.2, 0.25) is 0 Å². The van der Waals surface area contributed by atoms with Crippen LogP contribution in [-0.2, 0) is 18.0 Å². The van der Waals surface area contributed by atoms with Gasteiger partial charge in [-0.1, -0.05) is 53.4 Å². The molecule has 0 spiro atoms. The zero-order chi connectivity index (χ0) is 16.5. The van der Waals surface area contributed by atoms with E-state index in [0.717, 1.165) is 58.0 Å². The summed E-state index contributed by atoms with van der Waals surface area (Å²) < 4.78 is 24.2. The monoisotopic (exact) mass is 334 g/mol. The maximum atomic E-state index is 6.11. The Morgan fingerprint density at radius 3 is 1.27 bits per heavy atom. The van der Waals surface area contributed by atoms with Gasteiger partial charge < -0.3 is 18.0 Å². The first-order valence-electron chi connectivity index (χ1n) is 9.24. The highest BCUT2D eigenvalue weighted by molar-refractivity contribution is 6.60. The first-order chi connectivity index (χ1) is 10.7. The van der Waals surface area contributed by atoms with Crippen LogP contribution in [0.25, 0.3) is 0 Å². The van der Waals surface area contributed by atoms with Crippen LogP contribution in [0.2, 0.25) is 0 Å². The lowest BCUT2D eigenvalue weighted by Gasteiger charge is -2.29. The molecule has 22 heavy (non-hydrogen) atoms. The van der Waals surface area contributed by atoms with E-state index in [1.165, 1.54) is 0 Å². The van der Waals surface area contributed by atoms with Crippen molar-refractivity contribution in [1.82, 2.24) is 0 Å². The molecule has 0 N–H and O–H groups in total. The summed E-state index contributed by atoms with van der Waals surface area (Å²) in [7, 11) is -2.68. The highest BCUT2D eigenvalue weighted by Crippen LogP contribution is 2.14. The lowest BCUT2D eigenvalue weighted by molar-refractivity contribution is 0.0194. The molecule has 0 saturated carbocycles. The smallest absolute Gasteiger partial charge is 0.377 e. The minimum atomic E-state index is -2.68. The lowest BCUT2D eigenvalue weighted by Crippen LogP contribution is -2.51. The summed E-state index contributed by atoms with van der Waals surface area (Å²) in [6, 6.07) is 0. The Balaban J connectivity index is 4.53. The van der Waals surface area contributed by atoms with Crippen molar-refractivity contribution in [1.29, 1.82) is 0 Å². The molecule has 0 rings (SSSR count). The van der Waals surface area contributed by atoms with Gasteiger partial charge in [-0.15, -0.1) is 0 Å². The van der Waals surface area contributed by atoms with E-state index in [4.69, 9.17) is 18.0 Å². The molecule has 0 fully saturated rings. The molecule has 5 heteroatoms. The van der Waals surface area contributed by atoms with Crippen molar-refractivity contribution in [2.24, 2.45) is 0 Å². The third-order valence-electron chi connectivity index (χ3n) is 3.38. The van der Waals surface area contributed by atoms with E-state index in [1.54, 1.807) is 0 Å². The summed E-state index contributed by atoms with van der Waals surface area (Å²) in [5, 5.41) is 0. The quantitative estimate of drug-likeness (QED) is 0.285. The molecule has 0 aromatic carbocycles. The van der Waals surface area contributed by atoms with E-state index < -0.39 is 8.80 Å². The van der Waals surface area contributed by atoms with E-state index in [2.05, 4.69) is 27.7 Å². The van der Waals surface area contributed by atoms with Crippen LogP contribution in [0.3, 0.4) is 0 Å². The average molecular weight is 335 g/mol. The predicted octanol–water partition coefficient (Wildman–Crippen LogP) is 4.73. The van der Waals surface area contributed by atoms with Crippen LogP contribution in [0, 0.1) is 0 Å². The van der Waals surface area contributed by atoms with Gasteiger partial charge in [0, 0.05) is 26.4 Å². The second-order valence-electron chi connectivity index (χ2n) is 5.70. The first kappa shape index (κ1) is 22.1. The Morgan fingerprint density at radius 2 is 0.909 bits per heavy atom. The van der Waals surface area contributed by atoms with Crippen molar-refractivity contribution in [2.45, 2.75) is 79.1 Å². The van der Waals surface area contributed by atoms with Crippen LogP contribution in [0.5, 0.6) is 0 Å². The van der Waals surface area contributed by atoms with Crippen LogP contribution >= 0.6 is 0 Å². The lowest BCUT2D eigenvalue weighted by atomic mass is 10.4. The van der Waals surface area contributed by atoms with Crippen molar-refractivity contribution in [2.75, 3.05) is 32.7 Å². The van der Waals surface area contributed by atoms with Gasteiger partial charge in [-0.05, 0) is 25.7 Å². The standard InChI is InChI=1S/C17H38O4Si/c1-5-9-13-18-17-22(19-14-10-6-2,20-15-11-7-3)21-16-12-8-4/h5-17H2,1-4H3. The fourth-order valence-corrected chi connectivity index (χ4v) is 4.07. The van der Waals surface area contributed by atoms with Gasteiger partial charge in [-0.3, -0.25) is 0 Å². The molecule has 4 nitrogen and oxygen atoms in total. The molecule has 0 aliphatic carbocycles. The Labute approximate surface area is 139 Å². The molecule has 0 aliphatic rings. The predicted molar refractivity (Wildman–Crippen MR) is 94.1 cm³/mol. The normalized spacial score (nSPS) is 12.0. The van der Waals surface area contributed by atoms with Gasteiger partial charge in [-0.25, -0.2) is 0 Å². The maximum Gasteiger partial charge on any atom is 0.528 e. The largest absolute Gasteiger partial charge is 0.528 e. The molecule has 0 heterocycles. The topological polar surface area (TPSA) is 36.9 Å². The second-order valence-corrected chi connectivity index (χ2v) is 8.22. The van der Waals surface area contributed by atoms with E-state index in [9.17, 15) is 0 Å². The molecule has 134 valence electrons. The Hall–Kier alpha value is 0.0569. The van der Waals surface area contributed by atoms with Gasteiger partial charge in [0.05, 0.1) is 0 Å². The molecule has 0 aliphatic heterocycles. The highest BCUT2D eigenvalue weighted by atomic mass is 28.4. The molecule has 0 bridgehead atoms. The molecule has 0 aromatic heterocycles. The van der Waals surface area contributed by atoms with Crippen LogP contribution in [0.4, 0.5) is 0 Å². The number of hydrogen-bond donors (Lipinski definition) is 0. The fraction of sp³-hybridized carbons (Fsp3) is 1.00. The first-order valence-corrected chi connectivity index (χ1v) is 11.2. The van der Waals surface area contributed by atoms with E-state index >= 15 is 0 Å². The van der Waals surface area contributed by atoms with E-state index in [1.807, 2.05) is 0 Å². The number of ether oxygens (including phenoxy) is 1. The number of hydrogen-bond acceptors (Lipinski definition) is 4. The van der Waals surface area contributed by atoms with Crippen molar-refractivity contribution < 1.29 is 18.0 Å². The highest BCUT2D eigenvalue weighted by Gasteiger charge is 2.41. The van der Waals surface area contributed by atoms with Crippen LogP contribution < -0.4 is 0 Å². The minimum Gasteiger partial charge on any atom is -0.377 e. The molecule has 0 aromatic rings. The van der Waals surface area contributed by atoms with Crippen molar-refractivity contribution in [3.8, 4) is 0 Å². The number of rotatable bonds is 17. The van der Waals surface area contributed by atoms with Crippen molar-refractivity contribution in [3.05, 3.63) is 0 Å². The van der Waals surface area contributed by atoms with Crippen LogP contribution in [0.1, 0.15) is 79.1 Å². The zero-order valence-electron chi connectivity index (χ0n) is 15.3. The van der Waals surface area contributed by atoms with E-state index in [-0.39, 0.29) is 0 Å². The van der Waals surface area contributed by atoms with Crippen molar-refractivity contribution >= 4 is 8.80 Å². The molecule has 0 atom stereocenters. The summed E-state index contributed by atoms with van der Waals surface area (Å²) in [6.45, 7) is 11.5. The summed E-state index contributed by atoms with van der Waals surface area (Å²) in [5.74, 6) is 0. The van der Waals surface area contributed by atoms with Gasteiger partial charge >= 0.3 is 8.80 Å². The van der Waals surface area contributed by atoms with E-state index in [0.29, 0.717) is 26.1 Å². The summed E-state index contributed by atoms with van der Waals surface area (Å²) in [6.07, 6.45) is 9.17. The van der Waals surface area contributed by atoms with Gasteiger partial charge in [0.15, 0.2) is 0 Å².